The Balaban J connectivity index is 1.91. The monoisotopic (exact) mass is 169 g/mol. The van der Waals surface area contributed by atoms with Crippen molar-refractivity contribution in [1.82, 2.24) is 4.90 Å². The molecule has 3 aliphatic rings. The molecule has 1 aliphatic carbocycles. The van der Waals surface area contributed by atoms with Gasteiger partial charge in [-0.15, -0.1) is 0 Å². The minimum atomic E-state index is -0.149. The van der Waals surface area contributed by atoms with Gasteiger partial charge in [0.1, 0.15) is 0 Å². The molecule has 2 saturated heterocycles. The minimum Gasteiger partial charge on any atom is -0.392 e. The van der Waals surface area contributed by atoms with Crippen molar-refractivity contribution in [2.75, 3.05) is 13.1 Å². The number of aliphatic hydroxyl groups is 1. The normalized spacial score (nSPS) is 38.5. The Morgan fingerprint density at radius 3 is 2.42 bits per heavy atom. The zero-order chi connectivity index (χ0) is 8.55. The number of piperidine rings is 2. The maximum atomic E-state index is 9.29. The lowest BCUT2D eigenvalue weighted by Crippen LogP contribution is -2.50. The van der Waals surface area contributed by atoms with Crippen molar-refractivity contribution in [3.63, 3.8) is 0 Å². The topological polar surface area (TPSA) is 23.5 Å². The van der Waals surface area contributed by atoms with Gasteiger partial charge in [0.2, 0.25) is 0 Å². The van der Waals surface area contributed by atoms with Crippen LogP contribution < -0.4 is 0 Å². The molecule has 2 heteroatoms. The maximum absolute atomic E-state index is 9.29. The van der Waals surface area contributed by atoms with Gasteiger partial charge in [-0.3, -0.25) is 4.90 Å². The van der Waals surface area contributed by atoms with E-state index in [1.54, 1.807) is 0 Å². The second-order valence-electron chi connectivity index (χ2n) is 4.48. The average Bonchev–Trinajstić information content (AvgIpc) is 2.05. The van der Waals surface area contributed by atoms with Gasteiger partial charge < -0.3 is 5.11 Å². The number of rotatable bonds is 2. The maximum Gasteiger partial charge on any atom is 0.0639 e. The third-order valence-corrected chi connectivity index (χ3v) is 3.32. The van der Waals surface area contributed by atoms with Crippen molar-refractivity contribution in [2.45, 2.75) is 44.8 Å². The van der Waals surface area contributed by atoms with E-state index >= 15 is 0 Å². The summed E-state index contributed by atoms with van der Waals surface area (Å²) in [5.74, 6) is 0.939. The van der Waals surface area contributed by atoms with Gasteiger partial charge in [-0.2, -0.15) is 0 Å². The summed E-state index contributed by atoms with van der Waals surface area (Å²) in [5, 5.41) is 9.29. The molecule has 0 unspecified atom stereocenters. The van der Waals surface area contributed by atoms with Gasteiger partial charge in [-0.25, -0.2) is 0 Å². The van der Waals surface area contributed by atoms with E-state index in [1.807, 2.05) is 6.92 Å². The molecule has 0 amide bonds. The first-order valence-electron chi connectivity index (χ1n) is 5.18. The third-order valence-electron chi connectivity index (χ3n) is 3.32. The van der Waals surface area contributed by atoms with Crippen molar-refractivity contribution >= 4 is 0 Å². The minimum absolute atomic E-state index is 0.149. The summed E-state index contributed by atoms with van der Waals surface area (Å²) in [7, 11) is 0. The molecule has 0 aromatic rings. The van der Waals surface area contributed by atoms with Crippen LogP contribution in [0.2, 0.25) is 0 Å². The highest BCUT2D eigenvalue weighted by molar-refractivity contribution is 4.88. The highest BCUT2D eigenvalue weighted by Crippen LogP contribution is 2.34. The van der Waals surface area contributed by atoms with Crippen molar-refractivity contribution in [3.8, 4) is 0 Å². The van der Waals surface area contributed by atoms with Crippen molar-refractivity contribution in [2.24, 2.45) is 5.92 Å². The van der Waals surface area contributed by atoms with E-state index < -0.39 is 0 Å². The van der Waals surface area contributed by atoms with E-state index in [4.69, 9.17) is 0 Å². The van der Waals surface area contributed by atoms with E-state index in [0.29, 0.717) is 0 Å². The lowest BCUT2D eigenvalue weighted by Gasteiger charge is -2.45. The Morgan fingerprint density at radius 2 is 2.00 bits per heavy atom. The first-order valence-corrected chi connectivity index (χ1v) is 5.18. The molecule has 0 aromatic carbocycles. The standard InChI is InChI=1S/C10H19NO/c1-8(12)6-11-7-9-2-4-10(11)5-3-9/h8-10,12H,2-7H2,1H3/t8-,9?,10?/m0/s1. The van der Waals surface area contributed by atoms with Crippen LogP contribution in [0.15, 0.2) is 0 Å². The SMILES string of the molecule is C[C@H](O)CN1CC2CCC1CC2. The quantitative estimate of drug-likeness (QED) is 0.672. The van der Waals surface area contributed by atoms with Crippen molar-refractivity contribution in [1.29, 1.82) is 0 Å². The predicted octanol–water partition coefficient (Wildman–Crippen LogP) is 1.24. The lowest BCUT2D eigenvalue weighted by molar-refractivity contribution is 0.0160. The number of hydrogen-bond donors (Lipinski definition) is 1. The fraction of sp³-hybridized carbons (Fsp3) is 1.00. The van der Waals surface area contributed by atoms with Gasteiger partial charge >= 0.3 is 0 Å². The van der Waals surface area contributed by atoms with E-state index in [0.717, 1.165) is 18.5 Å². The fourth-order valence-corrected chi connectivity index (χ4v) is 2.74. The Hall–Kier alpha value is -0.0800. The number of fused-ring (bicyclic) bond motifs is 3. The van der Waals surface area contributed by atoms with E-state index in [-0.39, 0.29) is 6.10 Å². The molecule has 1 saturated carbocycles. The molecule has 3 fully saturated rings. The number of aliphatic hydroxyl groups excluding tert-OH is 1. The Kier molecular flexibility index (Phi) is 2.37. The molecule has 0 radical (unpaired) electrons. The first kappa shape index (κ1) is 8.52. The molecular formula is C10H19NO. The zero-order valence-electron chi connectivity index (χ0n) is 7.87. The van der Waals surface area contributed by atoms with Crippen LogP contribution in [-0.4, -0.2) is 35.2 Å². The largest absolute Gasteiger partial charge is 0.392 e. The molecule has 70 valence electrons. The van der Waals surface area contributed by atoms with Crippen LogP contribution in [0.5, 0.6) is 0 Å². The fourth-order valence-electron chi connectivity index (χ4n) is 2.74. The molecular weight excluding hydrogens is 150 g/mol. The van der Waals surface area contributed by atoms with Gasteiger partial charge in [0.05, 0.1) is 6.10 Å². The number of hydrogen-bond acceptors (Lipinski definition) is 2. The second kappa shape index (κ2) is 3.35. The van der Waals surface area contributed by atoms with E-state index in [9.17, 15) is 5.11 Å². The highest BCUT2D eigenvalue weighted by atomic mass is 16.3. The van der Waals surface area contributed by atoms with Crippen LogP contribution in [0.4, 0.5) is 0 Å². The number of nitrogens with zero attached hydrogens (tertiary/aromatic N) is 1. The van der Waals surface area contributed by atoms with Gasteiger partial charge in [0.25, 0.3) is 0 Å². The Bertz CT molecular complexity index is 148. The van der Waals surface area contributed by atoms with Crippen LogP contribution in [-0.2, 0) is 0 Å². The van der Waals surface area contributed by atoms with Crippen LogP contribution in [0.25, 0.3) is 0 Å². The molecule has 3 rings (SSSR count). The molecule has 1 atom stereocenters. The summed E-state index contributed by atoms with van der Waals surface area (Å²) in [6, 6.07) is 0.796. The van der Waals surface area contributed by atoms with Crippen molar-refractivity contribution in [3.05, 3.63) is 0 Å². The molecule has 2 aliphatic heterocycles. The zero-order valence-corrected chi connectivity index (χ0v) is 7.87. The van der Waals surface area contributed by atoms with Crippen LogP contribution in [0.3, 0.4) is 0 Å². The summed E-state index contributed by atoms with van der Waals surface area (Å²) in [6.07, 6.45) is 5.46. The smallest absolute Gasteiger partial charge is 0.0639 e. The molecule has 2 nitrogen and oxygen atoms in total. The molecule has 2 bridgehead atoms. The third kappa shape index (κ3) is 1.64. The Morgan fingerprint density at radius 1 is 1.33 bits per heavy atom. The van der Waals surface area contributed by atoms with Gasteiger partial charge in [-0.1, -0.05) is 0 Å². The highest BCUT2D eigenvalue weighted by Gasteiger charge is 2.33. The molecule has 12 heavy (non-hydrogen) atoms. The van der Waals surface area contributed by atoms with E-state index in [2.05, 4.69) is 4.90 Å². The summed E-state index contributed by atoms with van der Waals surface area (Å²) in [5.41, 5.74) is 0. The summed E-state index contributed by atoms with van der Waals surface area (Å²) in [6.45, 7) is 4.03. The summed E-state index contributed by atoms with van der Waals surface area (Å²) in [4.78, 5) is 2.49. The van der Waals surface area contributed by atoms with Gasteiger partial charge in [-0.05, 0) is 38.5 Å². The van der Waals surface area contributed by atoms with Crippen LogP contribution in [0.1, 0.15) is 32.6 Å². The second-order valence-corrected chi connectivity index (χ2v) is 4.48. The molecule has 1 N–H and O–H groups in total. The average molecular weight is 169 g/mol. The van der Waals surface area contributed by atoms with E-state index in [1.165, 1.54) is 32.2 Å². The summed E-state index contributed by atoms with van der Waals surface area (Å²) >= 11 is 0. The van der Waals surface area contributed by atoms with Crippen LogP contribution >= 0.6 is 0 Å². The lowest BCUT2D eigenvalue weighted by atomic mass is 9.80. The van der Waals surface area contributed by atoms with Crippen LogP contribution in [0, 0.1) is 5.92 Å². The molecule has 2 heterocycles. The van der Waals surface area contributed by atoms with Gasteiger partial charge in [0.15, 0.2) is 0 Å². The predicted molar refractivity (Wildman–Crippen MR) is 49.0 cm³/mol. The molecule has 0 spiro atoms. The summed E-state index contributed by atoms with van der Waals surface area (Å²) < 4.78 is 0. The first-order chi connectivity index (χ1) is 5.75. The van der Waals surface area contributed by atoms with Crippen molar-refractivity contribution < 1.29 is 5.11 Å². The van der Waals surface area contributed by atoms with Gasteiger partial charge in [0, 0.05) is 19.1 Å². The molecule has 0 aromatic heterocycles. The Labute approximate surface area is 74.6 Å².